The van der Waals surface area contributed by atoms with Crippen molar-refractivity contribution in [3.05, 3.63) is 121 Å². The van der Waals surface area contributed by atoms with Crippen LogP contribution in [0.5, 0.6) is 0 Å². The molecule has 4 nitrogen and oxygen atoms in total. The number of para-hydroxylation sites is 2. The van der Waals surface area contributed by atoms with Crippen molar-refractivity contribution in [1.82, 2.24) is 8.80 Å². The SMILES string of the molecule is C1=CC2=Nc3c(c4cc5ccccc5cc4n4c5ccccc5c5ccc6c7ccccc7n3c6c54)NC2C=C1. The second kappa shape index (κ2) is 7.19. The molecule has 4 heteroatoms. The first-order valence-corrected chi connectivity index (χ1v) is 13.8. The Kier molecular flexibility index (Phi) is 3.70. The van der Waals surface area contributed by atoms with Crippen molar-refractivity contribution in [3.8, 4) is 0 Å². The lowest BCUT2D eigenvalue weighted by molar-refractivity contribution is 1.09. The van der Waals surface area contributed by atoms with Gasteiger partial charge in [-0.3, -0.25) is 4.40 Å². The zero-order valence-corrected chi connectivity index (χ0v) is 21.5. The number of aliphatic imine (C=N–C) groups is 1. The summed E-state index contributed by atoms with van der Waals surface area (Å²) in [5.41, 5.74) is 8.05. The molecule has 40 heavy (non-hydrogen) atoms. The molecule has 3 aromatic heterocycles. The zero-order valence-electron chi connectivity index (χ0n) is 21.5. The molecule has 1 unspecified atom stereocenters. The highest BCUT2D eigenvalue weighted by Gasteiger charge is 2.27. The van der Waals surface area contributed by atoms with E-state index in [9.17, 15) is 0 Å². The number of rotatable bonds is 0. The highest BCUT2D eigenvalue weighted by molar-refractivity contribution is 6.25. The van der Waals surface area contributed by atoms with Crippen LogP contribution in [0, 0.1) is 0 Å². The number of nitrogens with one attached hydrogen (secondary N) is 1. The van der Waals surface area contributed by atoms with Crippen molar-refractivity contribution in [2.75, 3.05) is 5.32 Å². The Hall–Kier alpha value is -5.35. The van der Waals surface area contributed by atoms with E-state index >= 15 is 0 Å². The number of anilines is 1. The van der Waals surface area contributed by atoms with Crippen LogP contribution in [-0.2, 0) is 0 Å². The zero-order chi connectivity index (χ0) is 25.9. The van der Waals surface area contributed by atoms with Crippen LogP contribution >= 0.6 is 0 Å². The minimum atomic E-state index is 0.0245. The quantitative estimate of drug-likeness (QED) is 0.217. The molecule has 0 fully saturated rings. The molecule has 5 aromatic carbocycles. The summed E-state index contributed by atoms with van der Waals surface area (Å²) in [4.78, 5) is 5.42. The molecule has 0 radical (unpaired) electrons. The van der Waals surface area contributed by atoms with Gasteiger partial charge in [-0.05, 0) is 41.1 Å². The molecule has 0 saturated heterocycles. The third-order valence-electron chi connectivity index (χ3n) is 8.81. The van der Waals surface area contributed by atoms with E-state index in [0.29, 0.717) is 0 Å². The number of benzene rings is 5. The lowest BCUT2D eigenvalue weighted by Gasteiger charge is -2.26. The molecule has 0 spiro atoms. The Bertz CT molecular complexity index is 2520. The topological polar surface area (TPSA) is 33.2 Å². The fourth-order valence-corrected chi connectivity index (χ4v) is 7.10. The van der Waals surface area contributed by atoms with Crippen LogP contribution < -0.4 is 5.32 Å². The maximum absolute atomic E-state index is 5.42. The Labute approximate surface area is 228 Å². The van der Waals surface area contributed by atoms with Crippen molar-refractivity contribution < 1.29 is 0 Å². The van der Waals surface area contributed by atoms with Gasteiger partial charge in [0.25, 0.3) is 0 Å². The summed E-state index contributed by atoms with van der Waals surface area (Å²) in [7, 11) is 0. The highest BCUT2D eigenvalue weighted by atomic mass is 15.1. The first kappa shape index (κ1) is 20.6. The fourth-order valence-electron chi connectivity index (χ4n) is 7.10. The van der Waals surface area contributed by atoms with E-state index in [4.69, 9.17) is 4.99 Å². The maximum atomic E-state index is 5.42. The van der Waals surface area contributed by atoms with Gasteiger partial charge in [-0.15, -0.1) is 0 Å². The van der Waals surface area contributed by atoms with Gasteiger partial charge in [0.05, 0.1) is 45.0 Å². The number of fused-ring (bicyclic) bond motifs is 13. The van der Waals surface area contributed by atoms with Crippen molar-refractivity contribution >= 4 is 82.5 Å². The molecule has 2 aliphatic rings. The number of aromatic nitrogens is 2. The number of hydrogen-bond donors (Lipinski definition) is 1. The summed E-state index contributed by atoms with van der Waals surface area (Å²) in [5.74, 6) is 0.943. The van der Waals surface area contributed by atoms with Gasteiger partial charge in [0.1, 0.15) is 0 Å². The summed E-state index contributed by atoms with van der Waals surface area (Å²) >= 11 is 0. The molecule has 10 rings (SSSR count). The molecule has 0 saturated carbocycles. The molecule has 8 aromatic rings. The average Bonchev–Trinajstić information content (AvgIpc) is 3.52. The van der Waals surface area contributed by atoms with Gasteiger partial charge in [-0.2, -0.15) is 0 Å². The molecule has 1 aliphatic carbocycles. The lowest BCUT2D eigenvalue weighted by Crippen LogP contribution is -2.30. The standard InChI is InChI=1S/C36H22N4/c1-2-10-22-20-32-27(19-21(22)9-1)33-36(38-29-14-6-5-13-28(29)37-33)40-31-16-8-4-12-24(31)26-18-17-25-23-11-3-7-15-30(23)39(32)34(25)35(26)40/h1-20,28,37H. The summed E-state index contributed by atoms with van der Waals surface area (Å²) in [6, 6.07) is 35.5. The van der Waals surface area contributed by atoms with Crippen molar-refractivity contribution in [1.29, 1.82) is 0 Å². The predicted molar refractivity (Wildman–Crippen MR) is 169 cm³/mol. The van der Waals surface area contributed by atoms with Crippen LogP contribution in [0.4, 0.5) is 11.5 Å². The van der Waals surface area contributed by atoms with Crippen molar-refractivity contribution in [2.24, 2.45) is 4.99 Å². The molecular weight excluding hydrogens is 488 g/mol. The summed E-state index contributed by atoms with van der Waals surface area (Å²) in [6.45, 7) is 0. The largest absolute Gasteiger partial charge is 0.370 e. The molecule has 1 aliphatic heterocycles. The van der Waals surface area contributed by atoms with E-state index in [2.05, 4.69) is 135 Å². The van der Waals surface area contributed by atoms with Gasteiger partial charge in [-0.25, -0.2) is 4.99 Å². The number of allylic oxidation sites excluding steroid dienone is 2. The van der Waals surface area contributed by atoms with Crippen molar-refractivity contribution in [2.45, 2.75) is 6.04 Å². The first-order valence-electron chi connectivity index (χ1n) is 13.8. The Balaban J connectivity index is 1.63. The lowest BCUT2D eigenvalue weighted by atomic mass is 10.0. The second-order valence-corrected chi connectivity index (χ2v) is 10.9. The van der Waals surface area contributed by atoms with Gasteiger partial charge in [0, 0.05) is 26.9 Å². The molecular formula is C36H22N4. The molecule has 1 atom stereocenters. The smallest absolute Gasteiger partial charge is 0.162 e. The number of nitrogens with zero attached hydrogens (tertiary/aromatic N) is 3. The van der Waals surface area contributed by atoms with E-state index in [1.807, 2.05) is 0 Å². The maximum Gasteiger partial charge on any atom is 0.162 e. The van der Waals surface area contributed by atoms with Gasteiger partial charge in [-0.1, -0.05) is 91.0 Å². The summed E-state index contributed by atoms with van der Waals surface area (Å²) < 4.78 is 4.89. The molecule has 1 N–H and O–H groups in total. The molecule has 0 amide bonds. The molecule has 0 bridgehead atoms. The Morgan fingerprint density at radius 1 is 0.575 bits per heavy atom. The molecule has 186 valence electrons. The van der Waals surface area contributed by atoms with Crippen LogP contribution in [0.1, 0.15) is 0 Å². The fraction of sp³-hybridized carbons (Fsp3) is 0.0278. The third kappa shape index (κ3) is 2.45. The minimum absolute atomic E-state index is 0.0245. The third-order valence-corrected chi connectivity index (χ3v) is 8.81. The average molecular weight is 511 g/mol. The van der Waals surface area contributed by atoms with Crippen LogP contribution in [0.3, 0.4) is 0 Å². The van der Waals surface area contributed by atoms with Gasteiger partial charge in [0.15, 0.2) is 5.82 Å². The highest BCUT2D eigenvalue weighted by Crippen LogP contribution is 2.46. The number of hydrogen-bond acceptors (Lipinski definition) is 2. The first-order chi connectivity index (χ1) is 19.8. The normalized spacial score (nSPS) is 16.4. The summed E-state index contributed by atoms with van der Waals surface area (Å²) in [5, 5.41) is 12.5. The molecule has 4 heterocycles. The van der Waals surface area contributed by atoms with Gasteiger partial charge < -0.3 is 9.72 Å². The minimum Gasteiger partial charge on any atom is -0.370 e. The van der Waals surface area contributed by atoms with E-state index in [1.165, 1.54) is 59.9 Å². The Morgan fingerprint density at radius 3 is 2.00 bits per heavy atom. The predicted octanol–water partition coefficient (Wildman–Crippen LogP) is 8.95. The Morgan fingerprint density at radius 2 is 1.23 bits per heavy atom. The van der Waals surface area contributed by atoms with E-state index in [1.54, 1.807) is 0 Å². The van der Waals surface area contributed by atoms with E-state index in [-0.39, 0.29) is 6.04 Å². The van der Waals surface area contributed by atoms with Gasteiger partial charge >= 0.3 is 0 Å². The van der Waals surface area contributed by atoms with Gasteiger partial charge in [0.2, 0.25) is 0 Å². The monoisotopic (exact) mass is 510 g/mol. The second-order valence-electron chi connectivity index (χ2n) is 10.9. The summed E-state index contributed by atoms with van der Waals surface area (Å²) in [6.07, 6.45) is 8.51. The van der Waals surface area contributed by atoms with E-state index < -0.39 is 0 Å². The van der Waals surface area contributed by atoms with Crippen LogP contribution in [0.2, 0.25) is 0 Å². The van der Waals surface area contributed by atoms with Crippen molar-refractivity contribution in [3.63, 3.8) is 0 Å². The van der Waals surface area contributed by atoms with Crippen LogP contribution in [0.15, 0.2) is 126 Å². The van der Waals surface area contributed by atoms with Crippen LogP contribution in [-0.4, -0.2) is 20.6 Å². The van der Waals surface area contributed by atoms with Crippen LogP contribution in [0.25, 0.3) is 65.3 Å². The van der Waals surface area contributed by atoms with E-state index in [0.717, 1.165) is 22.6 Å².